The molecule has 0 bridgehead atoms. The molecule has 1 aliphatic heterocycles. The summed E-state index contributed by atoms with van der Waals surface area (Å²) in [6, 6.07) is 11.7. The lowest BCUT2D eigenvalue weighted by atomic mass is 10.1. The summed E-state index contributed by atoms with van der Waals surface area (Å²) < 4.78 is 11.1. The number of carbonyl (C=O) groups is 1. The molecule has 8 nitrogen and oxygen atoms in total. The molecule has 2 aliphatic rings. The quantitative estimate of drug-likeness (QED) is 0.568. The summed E-state index contributed by atoms with van der Waals surface area (Å²) in [6.45, 7) is 4.84. The number of ether oxygens (including phenoxy) is 1. The third-order valence-electron chi connectivity index (χ3n) is 6.49. The van der Waals surface area contributed by atoms with Crippen molar-refractivity contribution in [2.45, 2.75) is 38.5 Å². The van der Waals surface area contributed by atoms with Gasteiger partial charge < -0.3 is 19.1 Å². The zero-order valence-corrected chi connectivity index (χ0v) is 18.9. The standard InChI is InChI=1S/C25H29N5O3/c1-18-6-9-21(10-7-18)32-17-23(31)30-14-12-29(13-15-30)22-11-8-20(16-26-22)24-27-25(33-28-24)19-4-2-3-5-19/h6-11,16,19H,2-5,12-15,17H2,1H3. The summed E-state index contributed by atoms with van der Waals surface area (Å²) in [7, 11) is 0. The van der Waals surface area contributed by atoms with Crippen molar-refractivity contribution in [3.63, 3.8) is 0 Å². The highest BCUT2D eigenvalue weighted by atomic mass is 16.5. The molecule has 3 aromatic rings. The van der Waals surface area contributed by atoms with Gasteiger partial charge in [-0.1, -0.05) is 35.7 Å². The van der Waals surface area contributed by atoms with E-state index < -0.39 is 0 Å². The van der Waals surface area contributed by atoms with Crippen LogP contribution in [0.15, 0.2) is 47.1 Å². The van der Waals surface area contributed by atoms with E-state index in [4.69, 9.17) is 9.26 Å². The van der Waals surface area contributed by atoms with Gasteiger partial charge in [-0.15, -0.1) is 0 Å². The third kappa shape index (κ3) is 4.99. The van der Waals surface area contributed by atoms with Gasteiger partial charge in [0, 0.05) is 43.9 Å². The number of pyridine rings is 1. The second kappa shape index (κ2) is 9.60. The van der Waals surface area contributed by atoms with Crippen LogP contribution in [0.5, 0.6) is 5.75 Å². The van der Waals surface area contributed by atoms with Crippen LogP contribution < -0.4 is 9.64 Å². The van der Waals surface area contributed by atoms with Crippen LogP contribution in [0.2, 0.25) is 0 Å². The molecular formula is C25H29N5O3. The number of carbonyl (C=O) groups excluding carboxylic acids is 1. The predicted molar refractivity (Wildman–Crippen MR) is 124 cm³/mol. The fourth-order valence-corrected chi connectivity index (χ4v) is 4.45. The molecule has 0 spiro atoms. The molecule has 1 aromatic carbocycles. The highest BCUT2D eigenvalue weighted by molar-refractivity contribution is 5.78. The van der Waals surface area contributed by atoms with Gasteiger partial charge in [0.2, 0.25) is 11.7 Å². The molecule has 0 radical (unpaired) electrons. The number of aryl methyl sites for hydroxylation is 1. The Morgan fingerprint density at radius 2 is 1.82 bits per heavy atom. The van der Waals surface area contributed by atoms with Crippen LogP contribution in [0, 0.1) is 6.92 Å². The van der Waals surface area contributed by atoms with Gasteiger partial charge in [0.1, 0.15) is 11.6 Å². The molecule has 1 saturated heterocycles. The highest BCUT2D eigenvalue weighted by Gasteiger charge is 2.24. The first-order valence-electron chi connectivity index (χ1n) is 11.7. The van der Waals surface area contributed by atoms with Gasteiger partial charge in [-0.25, -0.2) is 4.98 Å². The van der Waals surface area contributed by atoms with Gasteiger partial charge in [0.15, 0.2) is 6.61 Å². The van der Waals surface area contributed by atoms with Gasteiger partial charge in [0.05, 0.1) is 0 Å². The van der Waals surface area contributed by atoms with E-state index in [1.807, 2.05) is 48.2 Å². The molecule has 0 atom stereocenters. The smallest absolute Gasteiger partial charge is 0.260 e. The first kappa shape index (κ1) is 21.4. The first-order valence-corrected chi connectivity index (χ1v) is 11.7. The third-order valence-corrected chi connectivity index (χ3v) is 6.49. The lowest BCUT2D eigenvalue weighted by Crippen LogP contribution is -2.50. The van der Waals surface area contributed by atoms with E-state index in [0.29, 0.717) is 30.6 Å². The normalized spacial score (nSPS) is 16.9. The second-order valence-electron chi connectivity index (χ2n) is 8.81. The van der Waals surface area contributed by atoms with Crippen LogP contribution in [-0.2, 0) is 4.79 Å². The minimum absolute atomic E-state index is 0.00806. The Labute approximate surface area is 193 Å². The Hall–Kier alpha value is -3.42. The molecule has 5 rings (SSSR count). The Morgan fingerprint density at radius 3 is 2.52 bits per heavy atom. The number of benzene rings is 1. The molecule has 0 N–H and O–H groups in total. The second-order valence-corrected chi connectivity index (χ2v) is 8.81. The number of amides is 1. The van der Waals surface area contributed by atoms with Gasteiger partial charge in [-0.3, -0.25) is 4.79 Å². The molecule has 1 saturated carbocycles. The number of nitrogens with zero attached hydrogens (tertiary/aromatic N) is 5. The van der Waals surface area contributed by atoms with Crippen LogP contribution >= 0.6 is 0 Å². The number of hydrogen-bond donors (Lipinski definition) is 0. The number of anilines is 1. The van der Waals surface area contributed by atoms with E-state index in [0.717, 1.165) is 48.8 Å². The average Bonchev–Trinajstić information content (AvgIpc) is 3.56. The fourth-order valence-electron chi connectivity index (χ4n) is 4.45. The number of aromatic nitrogens is 3. The minimum Gasteiger partial charge on any atom is -0.484 e. The van der Waals surface area contributed by atoms with Crippen LogP contribution in [0.4, 0.5) is 5.82 Å². The highest BCUT2D eigenvalue weighted by Crippen LogP contribution is 2.33. The Kier molecular flexibility index (Phi) is 6.24. The van der Waals surface area contributed by atoms with Gasteiger partial charge in [-0.2, -0.15) is 4.98 Å². The predicted octanol–water partition coefficient (Wildman–Crippen LogP) is 3.83. The summed E-state index contributed by atoms with van der Waals surface area (Å²) in [5.41, 5.74) is 2.02. The van der Waals surface area contributed by atoms with Crippen molar-refractivity contribution in [2.75, 3.05) is 37.7 Å². The number of rotatable bonds is 6. The Morgan fingerprint density at radius 1 is 1.06 bits per heavy atom. The molecule has 172 valence electrons. The van der Waals surface area contributed by atoms with Crippen molar-refractivity contribution in [3.05, 3.63) is 54.0 Å². The van der Waals surface area contributed by atoms with E-state index in [2.05, 4.69) is 20.0 Å². The maximum atomic E-state index is 12.5. The summed E-state index contributed by atoms with van der Waals surface area (Å²) in [5, 5.41) is 4.15. The molecular weight excluding hydrogens is 418 g/mol. The van der Waals surface area contributed by atoms with Crippen molar-refractivity contribution >= 4 is 11.7 Å². The first-order chi connectivity index (χ1) is 16.2. The van der Waals surface area contributed by atoms with Crippen molar-refractivity contribution in [2.24, 2.45) is 0 Å². The van der Waals surface area contributed by atoms with Gasteiger partial charge >= 0.3 is 0 Å². The fraction of sp³-hybridized carbons (Fsp3) is 0.440. The molecule has 33 heavy (non-hydrogen) atoms. The van der Waals surface area contributed by atoms with E-state index in [-0.39, 0.29) is 12.5 Å². The summed E-state index contributed by atoms with van der Waals surface area (Å²) in [5.74, 6) is 3.36. The van der Waals surface area contributed by atoms with Gasteiger partial charge in [0.25, 0.3) is 5.91 Å². The zero-order valence-electron chi connectivity index (χ0n) is 18.9. The maximum absolute atomic E-state index is 12.5. The Bertz CT molecular complexity index is 1070. The average molecular weight is 448 g/mol. The van der Waals surface area contributed by atoms with E-state index in [9.17, 15) is 4.79 Å². The number of hydrogen-bond acceptors (Lipinski definition) is 7. The van der Waals surface area contributed by atoms with Crippen molar-refractivity contribution in [1.29, 1.82) is 0 Å². The van der Waals surface area contributed by atoms with Crippen molar-refractivity contribution in [1.82, 2.24) is 20.0 Å². The summed E-state index contributed by atoms with van der Waals surface area (Å²) >= 11 is 0. The molecule has 8 heteroatoms. The maximum Gasteiger partial charge on any atom is 0.260 e. The molecule has 1 amide bonds. The topological polar surface area (TPSA) is 84.6 Å². The van der Waals surface area contributed by atoms with E-state index in [1.54, 1.807) is 6.20 Å². The number of piperazine rings is 1. The molecule has 0 unspecified atom stereocenters. The monoisotopic (exact) mass is 447 g/mol. The lowest BCUT2D eigenvalue weighted by molar-refractivity contribution is -0.133. The minimum atomic E-state index is 0.00806. The zero-order chi connectivity index (χ0) is 22.6. The van der Waals surface area contributed by atoms with Crippen LogP contribution in [0.1, 0.15) is 43.1 Å². The molecule has 3 heterocycles. The van der Waals surface area contributed by atoms with E-state index in [1.165, 1.54) is 12.8 Å². The molecule has 1 aliphatic carbocycles. The SMILES string of the molecule is Cc1ccc(OCC(=O)N2CCN(c3ccc(-c4noc(C5CCCC5)n4)cn3)CC2)cc1. The summed E-state index contributed by atoms with van der Waals surface area (Å²) in [6.07, 6.45) is 6.52. The van der Waals surface area contributed by atoms with Crippen LogP contribution in [0.3, 0.4) is 0 Å². The largest absolute Gasteiger partial charge is 0.484 e. The molecule has 2 aromatic heterocycles. The molecule has 2 fully saturated rings. The van der Waals surface area contributed by atoms with Crippen molar-refractivity contribution < 1.29 is 14.1 Å². The van der Waals surface area contributed by atoms with Crippen LogP contribution in [-0.4, -0.2) is 58.7 Å². The van der Waals surface area contributed by atoms with E-state index >= 15 is 0 Å². The summed E-state index contributed by atoms with van der Waals surface area (Å²) in [4.78, 5) is 25.8. The Balaban J connectivity index is 1.12. The lowest BCUT2D eigenvalue weighted by Gasteiger charge is -2.35. The van der Waals surface area contributed by atoms with Crippen LogP contribution in [0.25, 0.3) is 11.4 Å². The van der Waals surface area contributed by atoms with Crippen molar-refractivity contribution in [3.8, 4) is 17.1 Å². The van der Waals surface area contributed by atoms with Gasteiger partial charge in [-0.05, 0) is 44.0 Å².